The Hall–Kier alpha value is -0.790. The monoisotopic (exact) mass is 294 g/mol. The van der Waals surface area contributed by atoms with Crippen molar-refractivity contribution in [3.8, 4) is 6.07 Å². The van der Waals surface area contributed by atoms with Crippen molar-refractivity contribution >= 4 is 29.2 Å². The van der Waals surface area contributed by atoms with E-state index in [9.17, 15) is 5.26 Å². The number of benzene rings is 1. The summed E-state index contributed by atoms with van der Waals surface area (Å²) in [7, 11) is 0. The third kappa shape index (κ3) is 5.80. The molecule has 19 heavy (non-hydrogen) atoms. The van der Waals surface area contributed by atoms with E-state index >= 15 is 0 Å². The fourth-order valence-electron chi connectivity index (χ4n) is 1.84. The molecule has 0 atom stereocenters. The lowest BCUT2D eigenvalue weighted by molar-refractivity contribution is 0.749. The van der Waals surface area contributed by atoms with Crippen molar-refractivity contribution in [3.63, 3.8) is 0 Å². The van der Waals surface area contributed by atoms with Gasteiger partial charge in [-0.2, -0.15) is 17.0 Å². The van der Waals surface area contributed by atoms with Crippen LogP contribution in [0.1, 0.15) is 31.7 Å². The van der Waals surface area contributed by atoms with Crippen LogP contribution < -0.4 is 5.32 Å². The molecule has 2 nitrogen and oxygen atoms in total. The summed E-state index contributed by atoms with van der Waals surface area (Å²) in [5, 5.41) is 12.7. The first-order valence-electron chi connectivity index (χ1n) is 6.72. The van der Waals surface area contributed by atoms with Gasteiger partial charge in [-0.15, -0.1) is 11.8 Å². The Morgan fingerprint density at radius 1 is 1.26 bits per heavy atom. The Morgan fingerprint density at radius 2 is 2.11 bits per heavy atom. The number of nitriles is 1. The highest BCUT2D eigenvalue weighted by Crippen LogP contribution is 2.27. The van der Waals surface area contributed by atoms with Crippen LogP contribution >= 0.6 is 23.5 Å². The third-order valence-electron chi connectivity index (χ3n) is 2.78. The molecule has 1 N–H and O–H groups in total. The lowest BCUT2D eigenvalue weighted by atomic mass is 10.2. The molecule has 0 heterocycles. The van der Waals surface area contributed by atoms with Crippen LogP contribution in [0, 0.1) is 11.3 Å². The molecule has 0 radical (unpaired) electrons. The van der Waals surface area contributed by atoms with Crippen LogP contribution in [-0.2, 0) is 0 Å². The Kier molecular flexibility index (Phi) is 8.61. The number of nitrogens with zero attached hydrogens (tertiary/aromatic N) is 1. The number of thioether (sulfide) groups is 2. The highest BCUT2D eigenvalue weighted by molar-refractivity contribution is 7.99. The van der Waals surface area contributed by atoms with Gasteiger partial charge in [0.25, 0.3) is 0 Å². The topological polar surface area (TPSA) is 35.8 Å². The van der Waals surface area contributed by atoms with Crippen LogP contribution in [0.25, 0.3) is 0 Å². The molecule has 0 aliphatic rings. The highest BCUT2D eigenvalue weighted by Gasteiger charge is 2.07. The van der Waals surface area contributed by atoms with Crippen molar-refractivity contribution in [2.45, 2.75) is 31.1 Å². The van der Waals surface area contributed by atoms with Gasteiger partial charge in [0.15, 0.2) is 0 Å². The molecule has 1 aromatic carbocycles. The van der Waals surface area contributed by atoms with E-state index in [-0.39, 0.29) is 0 Å². The highest BCUT2D eigenvalue weighted by atomic mass is 32.2. The second kappa shape index (κ2) is 10.1. The van der Waals surface area contributed by atoms with E-state index in [1.807, 2.05) is 30.0 Å². The molecule has 0 amide bonds. The molecule has 0 aliphatic carbocycles. The van der Waals surface area contributed by atoms with E-state index in [0.717, 1.165) is 34.9 Å². The maximum atomic E-state index is 9.29. The first-order chi connectivity index (χ1) is 9.33. The van der Waals surface area contributed by atoms with Crippen LogP contribution in [0.5, 0.6) is 0 Å². The van der Waals surface area contributed by atoms with Crippen molar-refractivity contribution < 1.29 is 0 Å². The molecule has 1 rings (SSSR count). The van der Waals surface area contributed by atoms with Crippen molar-refractivity contribution in [3.05, 3.63) is 23.8 Å². The maximum Gasteiger partial charge on any atom is 0.102 e. The quantitative estimate of drug-likeness (QED) is 0.532. The SMILES string of the molecule is CCSc1cccc(NCCCCCSC)c1C#N. The lowest BCUT2D eigenvalue weighted by Gasteiger charge is -2.10. The smallest absolute Gasteiger partial charge is 0.102 e. The lowest BCUT2D eigenvalue weighted by Crippen LogP contribution is -2.04. The van der Waals surface area contributed by atoms with Gasteiger partial charge in [0.1, 0.15) is 6.07 Å². The van der Waals surface area contributed by atoms with Gasteiger partial charge in [-0.3, -0.25) is 0 Å². The Bertz CT molecular complexity index is 413. The number of anilines is 1. The molecular weight excluding hydrogens is 272 g/mol. The summed E-state index contributed by atoms with van der Waals surface area (Å²) in [6, 6.07) is 8.37. The maximum absolute atomic E-state index is 9.29. The van der Waals surface area contributed by atoms with E-state index in [2.05, 4.69) is 24.6 Å². The summed E-state index contributed by atoms with van der Waals surface area (Å²) in [4.78, 5) is 1.08. The normalized spacial score (nSPS) is 10.2. The van der Waals surface area contributed by atoms with E-state index in [4.69, 9.17) is 0 Å². The van der Waals surface area contributed by atoms with Crippen molar-refractivity contribution in [2.24, 2.45) is 0 Å². The summed E-state index contributed by atoms with van der Waals surface area (Å²) >= 11 is 3.63. The second-order valence-corrected chi connectivity index (χ2v) is 6.50. The average Bonchev–Trinajstić information content (AvgIpc) is 2.43. The average molecular weight is 294 g/mol. The molecule has 0 unspecified atom stereocenters. The molecule has 0 aliphatic heterocycles. The van der Waals surface area contributed by atoms with Gasteiger partial charge in [-0.25, -0.2) is 0 Å². The number of rotatable bonds is 9. The van der Waals surface area contributed by atoms with Gasteiger partial charge in [0.2, 0.25) is 0 Å². The Morgan fingerprint density at radius 3 is 2.79 bits per heavy atom. The molecule has 104 valence electrons. The van der Waals surface area contributed by atoms with Crippen LogP contribution in [0.3, 0.4) is 0 Å². The predicted molar refractivity (Wildman–Crippen MR) is 88.3 cm³/mol. The number of unbranched alkanes of at least 4 members (excludes halogenated alkanes) is 2. The van der Waals surface area contributed by atoms with E-state index in [0.29, 0.717) is 0 Å². The number of nitrogens with one attached hydrogen (secondary N) is 1. The number of hydrogen-bond donors (Lipinski definition) is 1. The molecule has 0 aromatic heterocycles. The van der Waals surface area contributed by atoms with Gasteiger partial charge in [0, 0.05) is 11.4 Å². The summed E-state index contributed by atoms with van der Waals surface area (Å²) < 4.78 is 0. The van der Waals surface area contributed by atoms with Gasteiger partial charge in [-0.1, -0.05) is 19.4 Å². The molecule has 1 aromatic rings. The van der Waals surface area contributed by atoms with Gasteiger partial charge < -0.3 is 5.32 Å². The largest absolute Gasteiger partial charge is 0.384 e. The summed E-state index contributed by atoms with van der Waals surface area (Å²) in [6.45, 7) is 3.06. The zero-order valence-electron chi connectivity index (χ0n) is 11.7. The zero-order chi connectivity index (χ0) is 13.9. The summed E-state index contributed by atoms with van der Waals surface area (Å²) in [6.07, 6.45) is 5.84. The summed E-state index contributed by atoms with van der Waals surface area (Å²) in [5.74, 6) is 2.24. The Labute approximate surface area is 125 Å². The van der Waals surface area contributed by atoms with Gasteiger partial charge in [0.05, 0.1) is 11.3 Å². The minimum atomic E-state index is 0.790. The van der Waals surface area contributed by atoms with Crippen LogP contribution in [0.2, 0.25) is 0 Å². The van der Waals surface area contributed by atoms with Gasteiger partial charge in [-0.05, 0) is 42.7 Å². The molecular formula is C15H22N2S2. The second-order valence-electron chi connectivity index (χ2n) is 4.20. The minimum absolute atomic E-state index is 0.790. The minimum Gasteiger partial charge on any atom is -0.384 e. The third-order valence-corrected chi connectivity index (χ3v) is 4.42. The standard InChI is InChI=1S/C15H22N2S2/c1-3-19-15-9-7-8-14(13(15)12-16)17-10-5-4-6-11-18-2/h7-9,17H,3-6,10-11H2,1-2H3. The van der Waals surface area contributed by atoms with Crippen molar-refractivity contribution in [1.29, 1.82) is 5.26 Å². The number of hydrogen-bond acceptors (Lipinski definition) is 4. The van der Waals surface area contributed by atoms with Crippen LogP contribution in [0.15, 0.2) is 23.1 Å². The molecule has 0 saturated heterocycles. The van der Waals surface area contributed by atoms with Crippen LogP contribution in [-0.4, -0.2) is 24.3 Å². The van der Waals surface area contributed by atoms with E-state index < -0.39 is 0 Å². The van der Waals surface area contributed by atoms with Crippen molar-refractivity contribution in [2.75, 3.05) is 29.6 Å². The summed E-state index contributed by atoms with van der Waals surface area (Å²) in [5.41, 5.74) is 1.77. The fourth-order valence-corrected chi connectivity index (χ4v) is 3.12. The van der Waals surface area contributed by atoms with E-state index in [1.165, 1.54) is 18.6 Å². The first-order valence-corrected chi connectivity index (χ1v) is 9.10. The predicted octanol–water partition coefficient (Wildman–Crippen LogP) is 4.62. The molecule has 0 saturated carbocycles. The molecule has 0 bridgehead atoms. The molecule has 0 fully saturated rings. The Balaban J connectivity index is 2.49. The molecule has 4 heteroatoms. The van der Waals surface area contributed by atoms with Crippen molar-refractivity contribution in [1.82, 2.24) is 0 Å². The molecule has 0 spiro atoms. The zero-order valence-corrected chi connectivity index (χ0v) is 13.4. The van der Waals surface area contributed by atoms with Crippen LogP contribution in [0.4, 0.5) is 5.69 Å². The van der Waals surface area contributed by atoms with E-state index in [1.54, 1.807) is 11.8 Å². The van der Waals surface area contributed by atoms with Gasteiger partial charge >= 0.3 is 0 Å². The fraction of sp³-hybridized carbons (Fsp3) is 0.533. The first kappa shape index (κ1) is 16.3.